The molecule has 3 rings (SSSR count). The Balaban J connectivity index is 2.08. The fraction of sp³-hybridized carbons (Fsp3) is 0.111. The number of hydrogen-bond donors (Lipinski definition) is 1. The van der Waals surface area contributed by atoms with Gasteiger partial charge in [-0.3, -0.25) is 4.72 Å². The van der Waals surface area contributed by atoms with Crippen LogP contribution in [0.5, 0.6) is 11.5 Å². The van der Waals surface area contributed by atoms with E-state index in [9.17, 15) is 8.42 Å². The van der Waals surface area contributed by atoms with E-state index in [0.29, 0.717) is 21.7 Å². The maximum Gasteiger partial charge on any atom is 0.263 e. The van der Waals surface area contributed by atoms with Gasteiger partial charge < -0.3 is 9.47 Å². The van der Waals surface area contributed by atoms with Gasteiger partial charge in [-0.05, 0) is 33.4 Å². The molecule has 0 atom stereocenters. The zero-order chi connectivity index (χ0) is 18.0. The van der Waals surface area contributed by atoms with Crippen molar-refractivity contribution in [2.75, 3.05) is 18.9 Å². The fourth-order valence-electron chi connectivity index (χ4n) is 2.56. The third kappa shape index (κ3) is 3.43. The van der Waals surface area contributed by atoms with Gasteiger partial charge in [-0.25, -0.2) is 8.42 Å². The van der Waals surface area contributed by atoms with Crippen molar-refractivity contribution < 1.29 is 17.9 Å². The van der Waals surface area contributed by atoms with Gasteiger partial charge in [0.15, 0.2) is 11.5 Å². The number of anilines is 1. The Labute approximate surface area is 154 Å². The van der Waals surface area contributed by atoms with E-state index in [1.165, 1.54) is 20.3 Å². The Morgan fingerprint density at radius 1 is 0.920 bits per heavy atom. The second-order valence-corrected chi connectivity index (χ2v) is 7.77. The Morgan fingerprint density at radius 3 is 2.28 bits per heavy atom. The summed E-state index contributed by atoms with van der Waals surface area (Å²) in [6, 6.07) is 16.0. The van der Waals surface area contributed by atoms with Crippen molar-refractivity contribution in [3.05, 3.63) is 59.1 Å². The summed E-state index contributed by atoms with van der Waals surface area (Å²) in [5, 5.41) is 1.78. The molecule has 0 heterocycles. The third-order valence-electron chi connectivity index (χ3n) is 3.76. The number of hydrogen-bond acceptors (Lipinski definition) is 4. The van der Waals surface area contributed by atoms with Crippen LogP contribution < -0.4 is 14.2 Å². The van der Waals surface area contributed by atoms with Gasteiger partial charge in [0.05, 0.1) is 19.9 Å². The minimum absolute atomic E-state index is 0.0677. The van der Waals surface area contributed by atoms with E-state index in [0.717, 1.165) is 10.8 Å². The monoisotopic (exact) mass is 421 g/mol. The van der Waals surface area contributed by atoms with E-state index < -0.39 is 10.0 Å². The van der Waals surface area contributed by atoms with E-state index in [-0.39, 0.29) is 4.90 Å². The van der Waals surface area contributed by atoms with Gasteiger partial charge >= 0.3 is 0 Å². The molecule has 5 nitrogen and oxygen atoms in total. The van der Waals surface area contributed by atoms with E-state index >= 15 is 0 Å². The number of sulfonamides is 1. The van der Waals surface area contributed by atoms with Crippen molar-refractivity contribution in [1.29, 1.82) is 0 Å². The molecular formula is C18H16BrNO4S. The summed E-state index contributed by atoms with van der Waals surface area (Å²) in [7, 11) is -0.874. The van der Waals surface area contributed by atoms with Crippen LogP contribution in [-0.4, -0.2) is 22.6 Å². The summed E-state index contributed by atoms with van der Waals surface area (Å²) < 4.78 is 39.2. The van der Waals surface area contributed by atoms with Gasteiger partial charge in [-0.2, -0.15) is 0 Å². The van der Waals surface area contributed by atoms with E-state index in [4.69, 9.17) is 9.47 Å². The van der Waals surface area contributed by atoms with Crippen LogP contribution in [0.25, 0.3) is 10.8 Å². The van der Waals surface area contributed by atoms with Gasteiger partial charge in [0.1, 0.15) is 4.90 Å². The molecule has 0 amide bonds. The summed E-state index contributed by atoms with van der Waals surface area (Å²) in [5.41, 5.74) is 0.514. The molecule has 0 spiro atoms. The van der Waals surface area contributed by atoms with Crippen LogP contribution in [0, 0.1) is 0 Å². The summed E-state index contributed by atoms with van der Waals surface area (Å²) >= 11 is 3.30. The van der Waals surface area contributed by atoms with Crippen molar-refractivity contribution >= 4 is 42.4 Å². The molecule has 0 aromatic heterocycles. The molecule has 0 bridgehead atoms. The van der Waals surface area contributed by atoms with Crippen LogP contribution in [0.1, 0.15) is 0 Å². The van der Waals surface area contributed by atoms with E-state index in [1.807, 2.05) is 36.4 Å². The Bertz CT molecular complexity index is 1030. The number of rotatable bonds is 5. The Hall–Kier alpha value is -2.25. The first-order chi connectivity index (χ1) is 12.0. The van der Waals surface area contributed by atoms with Gasteiger partial charge in [0.2, 0.25) is 0 Å². The molecule has 1 N–H and O–H groups in total. The molecule has 0 saturated heterocycles. The first kappa shape index (κ1) is 17.6. The topological polar surface area (TPSA) is 64.6 Å². The Kier molecular flexibility index (Phi) is 4.87. The molecule has 0 fully saturated rings. The van der Waals surface area contributed by atoms with Crippen LogP contribution in [0.15, 0.2) is 64.0 Å². The normalized spacial score (nSPS) is 11.3. The molecule has 3 aromatic rings. The quantitative estimate of drug-likeness (QED) is 0.661. The SMILES string of the molecule is COc1cc(Br)c(S(=O)(=O)Nc2cccc3ccccc23)cc1OC. The average Bonchev–Trinajstić information content (AvgIpc) is 2.61. The standard InChI is InChI=1S/C18H16BrNO4S/c1-23-16-10-14(19)18(11-17(16)24-2)25(21,22)20-15-9-5-7-12-6-3-4-8-13(12)15/h3-11,20H,1-2H3. The maximum atomic E-state index is 12.9. The highest BCUT2D eigenvalue weighted by Gasteiger charge is 2.22. The first-order valence-corrected chi connectivity index (χ1v) is 9.66. The van der Waals surface area contributed by atoms with Gasteiger partial charge in [-0.15, -0.1) is 0 Å². The second-order valence-electron chi connectivity index (χ2n) is 5.27. The van der Waals surface area contributed by atoms with Crippen LogP contribution >= 0.6 is 15.9 Å². The lowest BCUT2D eigenvalue weighted by atomic mass is 10.1. The van der Waals surface area contributed by atoms with Gasteiger partial charge in [0.25, 0.3) is 10.0 Å². The highest BCUT2D eigenvalue weighted by atomic mass is 79.9. The van der Waals surface area contributed by atoms with Crippen LogP contribution in [0.4, 0.5) is 5.69 Å². The molecule has 3 aromatic carbocycles. The highest BCUT2D eigenvalue weighted by molar-refractivity contribution is 9.10. The third-order valence-corrected chi connectivity index (χ3v) is 6.09. The predicted molar refractivity (Wildman–Crippen MR) is 102 cm³/mol. The second kappa shape index (κ2) is 6.93. The van der Waals surface area contributed by atoms with Crippen LogP contribution in [0.2, 0.25) is 0 Å². The number of ether oxygens (including phenoxy) is 2. The van der Waals surface area contributed by atoms with Crippen LogP contribution in [-0.2, 0) is 10.0 Å². The zero-order valence-corrected chi connectivity index (χ0v) is 16.0. The molecule has 0 aliphatic heterocycles. The fourth-order valence-corrected chi connectivity index (χ4v) is 4.67. The molecular weight excluding hydrogens is 406 g/mol. The lowest BCUT2D eigenvalue weighted by Crippen LogP contribution is -2.14. The molecule has 0 aliphatic carbocycles. The minimum Gasteiger partial charge on any atom is -0.493 e. The van der Waals surface area contributed by atoms with Crippen LogP contribution in [0.3, 0.4) is 0 Å². The van der Waals surface area contributed by atoms with Crippen molar-refractivity contribution in [2.24, 2.45) is 0 Å². The van der Waals surface area contributed by atoms with Crippen molar-refractivity contribution in [3.8, 4) is 11.5 Å². The zero-order valence-electron chi connectivity index (χ0n) is 13.6. The summed E-state index contributed by atoms with van der Waals surface area (Å²) in [6.45, 7) is 0. The van der Waals surface area contributed by atoms with Crippen molar-refractivity contribution in [2.45, 2.75) is 4.90 Å². The highest BCUT2D eigenvalue weighted by Crippen LogP contribution is 2.36. The molecule has 0 radical (unpaired) electrons. The first-order valence-electron chi connectivity index (χ1n) is 7.38. The van der Waals surface area contributed by atoms with Crippen molar-refractivity contribution in [1.82, 2.24) is 0 Å². The molecule has 25 heavy (non-hydrogen) atoms. The number of fused-ring (bicyclic) bond motifs is 1. The molecule has 0 saturated carbocycles. The largest absolute Gasteiger partial charge is 0.493 e. The molecule has 0 unspecified atom stereocenters. The lowest BCUT2D eigenvalue weighted by Gasteiger charge is -2.14. The van der Waals surface area contributed by atoms with Gasteiger partial charge in [-0.1, -0.05) is 36.4 Å². The number of methoxy groups -OCH3 is 2. The predicted octanol–water partition coefficient (Wildman–Crippen LogP) is 4.42. The maximum absolute atomic E-state index is 12.9. The van der Waals surface area contributed by atoms with Gasteiger partial charge in [0, 0.05) is 15.9 Å². The summed E-state index contributed by atoms with van der Waals surface area (Å²) in [6.07, 6.45) is 0. The van der Waals surface area contributed by atoms with E-state index in [2.05, 4.69) is 20.7 Å². The average molecular weight is 422 g/mol. The van der Waals surface area contributed by atoms with Crippen molar-refractivity contribution in [3.63, 3.8) is 0 Å². The summed E-state index contributed by atoms with van der Waals surface area (Å²) in [5.74, 6) is 0.780. The minimum atomic E-state index is -3.83. The number of halogens is 1. The molecule has 130 valence electrons. The summed E-state index contributed by atoms with van der Waals surface area (Å²) in [4.78, 5) is 0.0677. The number of benzene rings is 3. The molecule has 0 aliphatic rings. The molecule has 7 heteroatoms. The lowest BCUT2D eigenvalue weighted by molar-refractivity contribution is 0.353. The Morgan fingerprint density at radius 2 is 1.56 bits per heavy atom. The van der Waals surface area contributed by atoms with E-state index in [1.54, 1.807) is 12.1 Å². The number of nitrogens with one attached hydrogen (secondary N) is 1. The smallest absolute Gasteiger partial charge is 0.263 e.